The number of nitrogens with one attached hydrogen (secondary N) is 2. The maximum Gasteiger partial charge on any atom is 0.286 e. The van der Waals surface area contributed by atoms with E-state index in [1.54, 1.807) is 18.3 Å². The van der Waals surface area contributed by atoms with Crippen LogP contribution in [0, 0.1) is 0 Å². The maximum atomic E-state index is 11.7. The van der Waals surface area contributed by atoms with Gasteiger partial charge in [-0.3, -0.25) is 14.9 Å². The lowest BCUT2D eigenvalue weighted by Gasteiger charge is -2.34. The lowest BCUT2D eigenvalue weighted by molar-refractivity contribution is -0.118. The first-order valence-corrected chi connectivity index (χ1v) is 11.3. The van der Waals surface area contributed by atoms with E-state index in [0.29, 0.717) is 24.8 Å². The van der Waals surface area contributed by atoms with Gasteiger partial charge in [0.05, 0.1) is 11.4 Å². The zero-order valence-electron chi connectivity index (χ0n) is 17.6. The number of hydrogen-bond donors (Lipinski definition) is 4. The Labute approximate surface area is 197 Å². The second kappa shape index (κ2) is 11.0. The number of hydrogen-bond acceptors (Lipinski definition) is 8. The van der Waals surface area contributed by atoms with E-state index in [9.17, 15) is 14.7 Å². The number of carbonyl (C=O) groups excluding carboxylic acids is 2. The lowest BCUT2D eigenvalue weighted by atomic mass is 10.0. The topological polar surface area (TPSA) is 121 Å². The number of carbonyl (C=O) groups is 2. The van der Waals surface area contributed by atoms with Gasteiger partial charge in [-0.25, -0.2) is 4.98 Å². The minimum Gasteiger partial charge on any atom is -0.387 e. The maximum absolute atomic E-state index is 11.7. The first-order valence-electron chi connectivity index (χ1n) is 10.5. The van der Waals surface area contributed by atoms with Crippen molar-refractivity contribution >= 4 is 46.8 Å². The average molecular weight is 478 g/mol. The number of imide groups is 1. The van der Waals surface area contributed by atoms with E-state index in [1.807, 2.05) is 12.1 Å². The molecule has 3 heterocycles. The highest BCUT2D eigenvalue weighted by atomic mass is 35.5. The van der Waals surface area contributed by atoms with E-state index in [4.69, 9.17) is 5.73 Å². The minimum absolute atomic E-state index is 0. The number of anilines is 2. The summed E-state index contributed by atoms with van der Waals surface area (Å²) in [5, 5.41) is 15.5. The predicted molar refractivity (Wildman–Crippen MR) is 129 cm³/mol. The van der Waals surface area contributed by atoms with Gasteiger partial charge in [0.2, 0.25) is 5.91 Å². The van der Waals surface area contributed by atoms with E-state index in [-0.39, 0.29) is 28.8 Å². The third kappa shape index (κ3) is 6.13. The number of aliphatic hydroxyl groups excluding tert-OH is 1. The van der Waals surface area contributed by atoms with Crippen molar-refractivity contribution in [2.45, 2.75) is 36.7 Å². The molecule has 10 heteroatoms. The monoisotopic (exact) mass is 477 g/mol. The van der Waals surface area contributed by atoms with E-state index in [0.717, 1.165) is 54.5 Å². The van der Waals surface area contributed by atoms with Crippen molar-refractivity contribution in [1.82, 2.24) is 15.6 Å². The van der Waals surface area contributed by atoms with Crippen LogP contribution in [0.2, 0.25) is 0 Å². The van der Waals surface area contributed by atoms with Gasteiger partial charge in [-0.05, 0) is 43.0 Å². The first kappa shape index (κ1) is 24.3. The van der Waals surface area contributed by atoms with Crippen molar-refractivity contribution in [2.24, 2.45) is 0 Å². The molecule has 0 aliphatic carbocycles. The van der Waals surface area contributed by atoms with Crippen molar-refractivity contribution in [3.8, 4) is 0 Å². The number of rotatable bonds is 7. The van der Waals surface area contributed by atoms with E-state index in [1.165, 1.54) is 0 Å². The molecule has 1 aromatic carbocycles. The summed E-state index contributed by atoms with van der Waals surface area (Å²) in [6.45, 7) is 2.36. The number of nitrogens with zero attached hydrogens (tertiary/aromatic N) is 2. The molecule has 4 rings (SSSR count). The lowest BCUT2D eigenvalue weighted by Crippen LogP contribution is -2.43. The van der Waals surface area contributed by atoms with Crippen molar-refractivity contribution < 1.29 is 14.7 Å². The third-order valence-electron chi connectivity index (χ3n) is 5.78. The van der Waals surface area contributed by atoms with Crippen LogP contribution < -0.4 is 21.3 Å². The molecule has 8 nitrogen and oxygen atoms in total. The smallest absolute Gasteiger partial charge is 0.286 e. The van der Waals surface area contributed by atoms with Crippen LogP contribution in [0.25, 0.3) is 0 Å². The van der Waals surface area contributed by atoms with Crippen molar-refractivity contribution in [2.75, 3.05) is 30.3 Å². The number of thioether (sulfide) groups is 1. The van der Waals surface area contributed by atoms with Crippen LogP contribution in [-0.4, -0.2) is 52.2 Å². The Balaban J connectivity index is 0.00000289. The van der Waals surface area contributed by atoms with E-state index < -0.39 is 6.10 Å². The van der Waals surface area contributed by atoms with Gasteiger partial charge in [-0.1, -0.05) is 30.0 Å². The Bertz CT molecular complexity index is 920. The fraction of sp³-hybridized carbons (Fsp3) is 0.409. The SMILES string of the molecule is Cl.Nc1ccc([C@H](O)CNC2CCN(c3ccc(CC4SC(=O)NC4=O)cc3)CC2)cn1. The molecule has 1 aromatic heterocycles. The number of aromatic nitrogens is 1. The average Bonchev–Trinajstić information content (AvgIpc) is 3.10. The van der Waals surface area contributed by atoms with Crippen LogP contribution in [0.15, 0.2) is 42.6 Å². The fourth-order valence-corrected chi connectivity index (χ4v) is 4.80. The fourth-order valence-electron chi connectivity index (χ4n) is 3.94. The summed E-state index contributed by atoms with van der Waals surface area (Å²) >= 11 is 1.06. The summed E-state index contributed by atoms with van der Waals surface area (Å²) in [7, 11) is 0. The molecule has 2 saturated heterocycles. The Morgan fingerprint density at radius 1 is 1.19 bits per heavy atom. The molecule has 0 bridgehead atoms. The summed E-state index contributed by atoms with van der Waals surface area (Å²) in [5.74, 6) is 0.244. The molecule has 32 heavy (non-hydrogen) atoms. The largest absolute Gasteiger partial charge is 0.387 e. The highest BCUT2D eigenvalue weighted by molar-refractivity contribution is 8.15. The molecule has 0 radical (unpaired) electrons. The minimum atomic E-state index is -0.603. The normalized spacial score (nSPS) is 20.0. The molecule has 2 aromatic rings. The summed E-state index contributed by atoms with van der Waals surface area (Å²) in [4.78, 5) is 29.4. The second-order valence-corrected chi connectivity index (χ2v) is 9.13. The Morgan fingerprint density at radius 2 is 1.91 bits per heavy atom. The van der Waals surface area contributed by atoms with Gasteiger partial charge in [-0.15, -0.1) is 12.4 Å². The quantitative estimate of drug-likeness (QED) is 0.479. The Hall–Kier alpha value is -2.33. The van der Waals surface area contributed by atoms with Crippen molar-refractivity contribution in [3.05, 3.63) is 53.7 Å². The molecule has 5 N–H and O–H groups in total. The molecule has 2 atom stereocenters. The zero-order chi connectivity index (χ0) is 21.8. The number of piperidine rings is 1. The molecule has 0 saturated carbocycles. The van der Waals surface area contributed by atoms with Gasteiger partial charge in [0.1, 0.15) is 5.82 Å². The van der Waals surface area contributed by atoms with Gasteiger partial charge in [0.15, 0.2) is 0 Å². The van der Waals surface area contributed by atoms with Crippen molar-refractivity contribution in [3.63, 3.8) is 0 Å². The van der Waals surface area contributed by atoms with Gasteiger partial charge in [-0.2, -0.15) is 0 Å². The van der Waals surface area contributed by atoms with Gasteiger partial charge in [0.25, 0.3) is 5.24 Å². The molecule has 2 aliphatic heterocycles. The van der Waals surface area contributed by atoms with Gasteiger partial charge in [0, 0.05) is 43.1 Å². The van der Waals surface area contributed by atoms with Crippen LogP contribution in [0.5, 0.6) is 0 Å². The van der Waals surface area contributed by atoms with Crippen LogP contribution in [0.4, 0.5) is 16.3 Å². The standard InChI is InChI=1S/C22H27N5O3S.ClH/c23-20-6-3-15(12-25-20)18(28)13-24-16-7-9-27(10-8-16)17-4-1-14(2-5-17)11-19-21(29)26-22(30)31-19;/h1-6,12,16,18-19,24,28H,7-11,13H2,(H2,23,25)(H,26,29,30);1H/t18-,19?;/m1./s1. The van der Waals surface area contributed by atoms with Gasteiger partial charge >= 0.3 is 0 Å². The Morgan fingerprint density at radius 3 is 2.50 bits per heavy atom. The number of halogens is 1. The van der Waals surface area contributed by atoms with Crippen LogP contribution in [-0.2, 0) is 11.2 Å². The number of benzene rings is 1. The number of nitrogen functional groups attached to an aromatic ring is 1. The number of aliphatic hydroxyl groups is 1. The molecule has 2 aliphatic rings. The highest BCUT2D eigenvalue weighted by Crippen LogP contribution is 2.25. The molecule has 172 valence electrons. The molecular weight excluding hydrogens is 450 g/mol. The van der Waals surface area contributed by atoms with E-state index >= 15 is 0 Å². The first-order chi connectivity index (χ1) is 15.0. The number of amides is 2. The molecule has 2 amide bonds. The van der Waals surface area contributed by atoms with Crippen LogP contribution in [0.3, 0.4) is 0 Å². The summed E-state index contributed by atoms with van der Waals surface area (Å²) in [6, 6.07) is 12.1. The third-order valence-corrected chi connectivity index (χ3v) is 6.76. The van der Waals surface area contributed by atoms with Crippen LogP contribution >= 0.6 is 24.2 Å². The Kier molecular flexibility index (Phi) is 8.36. The highest BCUT2D eigenvalue weighted by Gasteiger charge is 2.31. The number of nitrogens with two attached hydrogens (primary N) is 1. The van der Waals surface area contributed by atoms with Crippen molar-refractivity contribution in [1.29, 1.82) is 0 Å². The predicted octanol–water partition coefficient (Wildman–Crippen LogP) is 2.27. The summed E-state index contributed by atoms with van der Waals surface area (Å²) < 4.78 is 0. The molecule has 0 spiro atoms. The zero-order valence-corrected chi connectivity index (χ0v) is 19.2. The van der Waals surface area contributed by atoms with E-state index in [2.05, 4.69) is 32.7 Å². The number of pyridine rings is 1. The van der Waals surface area contributed by atoms with Gasteiger partial charge < -0.3 is 21.1 Å². The molecule has 2 fully saturated rings. The summed E-state index contributed by atoms with van der Waals surface area (Å²) in [6.07, 6.45) is 3.56. The molecular formula is C22H28ClN5O3S. The van der Waals surface area contributed by atoms with Crippen LogP contribution in [0.1, 0.15) is 30.1 Å². The summed E-state index contributed by atoms with van der Waals surface area (Å²) in [5.41, 5.74) is 8.56. The second-order valence-electron chi connectivity index (χ2n) is 7.96. The molecule has 1 unspecified atom stereocenters.